The Morgan fingerprint density at radius 2 is 2.17 bits per heavy atom. The molecule has 1 aliphatic rings. The van der Waals surface area contributed by atoms with Crippen LogP contribution in [0.5, 0.6) is 0 Å². The second kappa shape index (κ2) is 6.20. The van der Waals surface area contributed by atoms with Crippen LogP contribution < -0.4 is 10.9 Å². The van der Waals surface area contributed by atoms with E-state index in [0.29, 0.717) is 11.7 Å². The first-order valence-electron chi connectivity index (χ1n) is 7.58. The van der Waals surface area contributed by atoms with Crippen LogP contribution in [0.4, 0.5) is 0 Å². The molecular weight excluding hydrogens is 310 g/mol. The Balaban J connectivity index is 1.85. The highest BCUT2D eigenvalue weighted by Crippen LogP contribution is 2.21. The predicted octanol–water partition coefficient (Wildman–Crippen LogP) is 2.46. The van der Waals surface area contributed by atoms with E-state index in [4.69, 9.17) is 0 Å². The molecule has 1 N–H and O–H groups in total. The molecule has 0 bridgehead atoms. The zero-order valence-electron chi connectivity index (χ0n) is 13.4. The quantitative estimate of drug-likeness (QED) is 0.879. The average molecular weight is 329 g/mol. The Morgan fingerprint density at radius 3 is 2.96 bits per heavy atom. The molecule has 2 heterocycles. The van der Waals surface area contributed by atoms with E-state index in [1.54, 1.807) is 4.57 Å². The number of hydrogen-bond acceptors (Lipinski definition) is 4. The predicted molar refractivity (Wildman–Crippen MR) is 91.0 cm³/mol. The summed E-state index contributed by atoms with van der Waals surface area (Å²) in [4.78, 5) is 29.1. The minimum absolute atomic E-state index is 0.105. The topological polar surface area (TPSA) is 64.0 Å². The number of nitrogens with zero attached hydrogens (tertiary/aromatic N) is 2. The van der Waals surface area contributed by atoms with Crippen molar-refractivity contribution in [1.82, 2.24) is 14.9 Å². The number of aryl methyl sites for hydroxylation is 2. The van der Waals surface area contributed by atoms with Crippen LogP contribution in [0.3, 0.4) is 0 Å². The van der Waals surface area contributed by atoms with Crippen molar-refractivity contribution in [3.05, 3.63) is 57.0 Å². The third-order valence-corrected chi connectivity index (χ3v) is 5.02. The normalized spacial score (nSPS) is 14.4. The van der Waals surface area contributed by atoms with Gasteiger partial charge in [0.05, 0.1) is 6.04 Å². The maximum absolute atomic E-state index is 12.5. The van der Waals surface area contributed by atoms with Crippen molar-refractivity contribution in [1.29, 1.82) is 0 Å². The first kappa shape index (κ1) is 15.8. The van der Waals surface area contributed by atoms with Gasteiger partial charge in [0.25, 0.3) is 11.5 Å². The van der Waals surface area contributed by atoms with Gasteiger partial charge in [0, 0.05) is 18.5 Å². The number of hydrogen-bond donors (Lipinski definition) is 1. The molecule has 23 heavy (non-hydrogen) atoms. The summed E-state index contributed by atoms with van der Waals surface area (Å²) in [5.74, 6) is 0.453. The molecule has 3 rings (SSSR count). The van der Waals surface area contributed by atoms with Crippen molar-refractivity contribution in [2.75, 3.05) is 5.75 Å². The minimum atomic E-state index is -0.372. The second-order valence-corrected chi connectivity index (χ2v) is 6.88. The Hall–Kier alpha value is -2.08. The number of carbonyl (C=O) groups excluding carboxylic acids is 1. The fourth-order valence-electron chi connectivity index (χ4n) is 2.75. The van der Waals surface area contributed by atoms with Gasteiger partial charge in [0.2, 0.25) is 0 Å². The molecule has 6 heteroatoms. The van der Waals surface area contributed by atoms with Gasteiger partial charge in [-0.2, -0.15) is 0 Å². The van der Waals surface area contributed by atoms with E-state index in [0.717, 1.165) is 22.4 Å². The highest BCUT2D eigenvalue weighted by atomic mass is 32.2. The monoisotopic (exact) mass is 329 g/mol. The molecular formula is C17H19N3O2S. The Kier molecular flexibility index (Phi) is 4.26. The molecule has 120 valence electrons. The van der Waals surface area contributed by atoms with Crippen LogP contribution in [0.15, 0.2) is 34.3 Å². The number of amides is 1. The molecule has 5 nitrogen and oxygen atoms in total. The van der Waals surface area contributed by atoms with Crippen molar-refractivity contribution in [2.24, 2.45) is 0 Å². The Bertz CT molecular complexity index is 829. The van der Waals surface area contributed by atoms with E-state index in [2.05, 4.69) is 16.4 Å². The number of benzene rings is 1. The van der Waals surface area contributed by atoms with E-state index < -0.39 is 0 Å². The summed E-state index contributed by atoms with van der Waals surface area (Å²) in [6.45, 7) is 6.57. The van der Waals surface area contributed by atoms with Gasteiger partial charge in [-0.25, -0.2) is 4.98 Å². The summed E-state index contributed by atoms with van der Waals surface area (Å²) in [5.41, 5.74) is 3.16. The lowest BCUT2D eigenvalue weighted by Gasteiger charge is -2.17. The number of rotatable bonds is 3. The van der Waals surface area contributed by atoms with Crippen LogP contribution in [0.2, 0.25) is 0 Å². The number of fused-ring (bicyclic) bond motifs is 1. The van der Waals surface area contributed by atoms with Crippen LogP contribution >= 0.6 is 11.8 Å². The molecule has 1 unspecified atom stereocenters. The number of carbonyl (C=O) groups is 1. The van der Waals surface area contributed by atoms with Crippen molar-refractivity contribution >= 4 is 17.7 Å². The first-order chi connectivity index (χ1) is 11.0. The van der Waals surface area contributed by atoms with Gasteiger partial charge in [-0.15, -0.1) is 0 Å². The highest BCUT2D eigenvalue weighted by molar-refractivity contribution is 7.99. The van der Waals surface area contributed by atoms with E-state index in [9.17, 15) is 9.59 Å². The zero-order valence-corrected chi connectivity index (χ0v) is 14.2. The van der Waals surface area contributed by atoms with Crippen LogP contribution in [0.1, 0.15) is 40.0 Å². The van der Waals surface area contributed by atoms with Gasteiger partial charge in [-0.3, -0.25) is 14.2 Å². The van der Waals surface area contributed by atoms with Gasteiger partial charge in [0.15, 0.2) is 5.16 Å². The molecule has 1 atom stereocenters. The maximum atomic E-state index is 12.5. The van der Waals surface area contributed by atoms with Gasteiger partial charge in [0.1, 0.15) is 5.56 Å². The number of thioether (sulfide) groups is 1. The van der Waals surface area contributed by atoms with Gasteiger partial charge >= 0.3 is 0 Å². The van der Waals surface area contributed by atoms with E-state index in [1.165, 1.54) is 18.0 Å². The largest absolute Gasteiger partial charge is 0.345 e. The standard InChI is InChI=1S/C17H19N3O2S/c1-10-4-5-11(2)13(8-10)12(3)19-15(21)14-9-18-17-20(16(14)22)6-7-23-17/h4-5,8-9,12H,6-7H2,1-3H3,(H,19,21). The molecule has 0 saturated carbocycles. The van der Waals surface area contributed by atoms with Crippen molar-refractivity contribution < 1.29 is 4.79 Å². The fourth-order valence-corrected chi connectivity index (χ4v) is 3.67. The first-order valence-corrected chi connectivity index (χ1v) is 8.56. The van der Waals surface area contributed by atoms with Crippen molar-refractivity contribution in [3.8, 4) is 0 Å². The molecule has 1 amide bonds. The highest BCUT2D eigenvalue weighted by Gasteiger charge is 2.21. The van der Waals surface area contributed by atoms with Crippen molar-refractivity contribution in [3.63, 3.8) is 0 Å². The molecule has 0 radical (unpaired) electrons. The average Bonchev–Trinajstić information content (AvgIpc) is 2.99. The SMILES string of the molecule is Cc1ccc(C)c(C(C)NC(=O)c2cnc3n(c2=O)CCS3)c1. The molecule has 1 aliphatic heterocycles. The van der Waals surface area contributed by atoms with Crippen LogP contribution in [0.25, 0.3) is 0 Å². The summed E-state index contributed by atoms with van der Waals surface area (Å²) >= 11 is 1.54. The molecule has 0 aliphatic carbocycles. The van der Waals surface area contributed by atoms with Crippen LogP contribution in [0, 0.1) is 13.8 Å². The third kappa shape index (κ3) is 3.03. The number of aromatic nitrogens is 2. The smallest absolute Gasteiger partial charge is 0.267 e. The molecule has 1 aromatic heterocycles. The number of nitrogens with one attached hydrogen (secondary N) is 1. The molecule has 0 saturated heterocycles. The second-order valence-electron chi connectivity index (χ2n) is 5.81. The molecule has 1 aromatic carbocycles. The minimum Gasteiger partial charge on any atom is -0.345 e. The van der Waals surface area contributed by atoms with Gasteiger partial charge in [-0.05, 0) is 31.9 Å². The Labute approximate surface area is 139 Å². The van der Waals surface area contributed by atoms with Crippen LogP contribution in [-0.4, -0.2) is 21.2 Å². The molecule has 2 aromatic rings. The molecule has 0 spiro atoms. The zero-order chi connectivity index (χ0) is 16.6. The summed E-state index contributed by atoms with van der Waals surface area (Å²) in [6, 6.07) is 5.97. The maximum Gasteiger partial charge on any atom is 0.267 e. The van der Waals surface area contributed by atoms with E-state index >= 15 is 0 Å². The summed E-state index contributed by atoms with van der Waals surface area (Å²) in [6.07, 6.45) is 1.39. The van der Waals surface area contributed by atoms with Gasteiger partial charge in [-0.1, -0.05) is 35.5 Å². The lowest BCUT2D eigenvalue weighted by molar-refractivity contribution is 0.0937. The summed E-state index contributed by atoms with van der Waals surface area (Å²) in [5, 5.41) is 3.60. The fraction of sp³-hybridized carbons (Fsp3) is 0.353. The van der Waals surface area contributed by atoms with Crippen molar-refractivity contribution in [2.45, 2.75) is 38.5 Å². The van der Waals surface area contributed by atoms with E-state index in [1.807, 2.05) is 32.9 Å². The van der Waals surface area contributed by atoms with E-state index in [-0.39, 0.29) is 23.1 Å². The summed E-state index contributed by atoms with van der Waals surface area (Å²) < 4.78 is 1.57. The molecule has 0 fully saturated rings. The Morgan fingerprint density at radius 1 is 1.39 bits per heavy atom. The van der Waals surface area contributed by atoms with Gasteiger partial charge < -0.3 is 5.32 Å². The summed E-state index contributed by atoms with van der Waals surface area (Å²) in [7, 11) is 0. The lowest BCUT2D eigenvalue weighted by atomic mass is 10.00. The lowest BCUT2D eigenvalue weighted by Crippen LogP contribution is -2.34. The van der Waals surface area contributed by atoms with Crippen LogP contribution in [-0.2, 0) is 6.54 Å². The third-order valence-electron chi connectivity index (χ3n) is 4.05.